The molecule has 0 atom stereocenters. The molecule has 1 aromatic carbocycles. The number of imidazole rings is 1. The predicted molar refractivity (Wildman–Crippen MR) is 92.2 cm³/mol. The number of benzene rings is 1. The van der Waals surface area contributed by atoms with E-state index < -0.39 is 0 Å². The van der Waals surface area contributed by atoms with Gasteiger partial charge in [0.2, 0.25) is 0 Å². The van der Waals surface area contributed by atoms with E-state index >= 15 is 0 Å². The van der Waals surface area contributed by atoms with Crippen molar-refractivity contribution in [2.24, 2.45) is 0 Å². The second-order valence-corrected chi connectivity index (χ2v) is 5.61. The van der Waals surface area contributed by atoms with E-state index in [1.807, 2.05) is 24.4 Å². The monoisotopic (exact) mass is 337 g/mol. The summed E-state index contributed by atoms with van der Waals surface area (Å²) >= 11 is 6.06. The molecule has 0 fully saturated rings. The second kappa shape index (κ2) is 5.82. The third kappa shape index (κ3) is 2.63. The van der Waals surface area contributed by atoms with Gasteiger partial charge in [0.05, 0.1) is 16.4 Å². The highest BCUT2D eigenvalue weighted by Gasteiger charge is 2.13. The van der Waals surface area contributed by atoms with Gasteiger partial charge in [0.1, 0.15) is 11.3 Å². The van der Waals surface area contributed by atoms with Crippen molar-refractivity contribution in [3.63, 3.8) is 0 Å². The van der Waals surface area contributed by atoms with Crippen molar-refractivity contribution in [3.05, 3.63) is 71.8 Å². The second-order valence-electron chi connectivity index (χ2n) is 5.20. The first-order valence-corrected chi connectivity index (χ1v) is 7.63. The smallest absolute Gasteiger partial charge is 0.275 e. The fourth-order valence-electron chi connectivity index (χ4n) is 2.42. The summed E-state index contributed by atoms with van der Waals surface area (Å²) in [6.07, 6.45) is 5.32. The van der Waals surface area contributed by atoms with E-state index in [4.69, 9.17) is 11.6 Å². The number of halogens is 1. The summed E-state index contributed by atoms with van der Waals surface area (Å²) in [7, 11) is 0. The van der Waals surface area contributed by atoms with Crippen LogP contribution in [0.1, 0.15) is 10.5 Å². The SMILES string of the molecule is O=C(Nc1ccccc1Cl)c1cn2cc(-c3cc[nH]n3)ccc2n1. The number of aromatic nitrogens is 4. The number of hydrogen-bond acceptors (Lipinski definition) is 3. The third-order valence-electron chi connectivity index (χ3n) is 3.60. The van der Waals surface area contributed by atoms with Crippen LogP contribution in [0.3, 0.4) is 0 Å². The van der Waals surface area contributed by atoms with Gasteiger partial charge >= 0.3 is 0 Å². The molecule has 0 saturated heterocycles. The van der Waals surface area contributed by atoms with Crippen molar-refractivity contribution in [1.29, 1.82) is 0 Å². The number of carbonyl (C=O) groups excluding carboxylic acids is 1. The summed E-state index contributed by atoms with van der Waals surface area (Å²) in [4.78, 5) is 16.7. The maximum atomic E-state index is 12.4. The first-order chi connectivity index (χ1) is 11.7. The van der Waals surface area contributed by atoms with Gasteiger partial charge in [-0.3, -0.25) is 9.89 Å². The molecule has 2 N–H and O–H groups in total. The van der Waals surface area contributed by atoms with Crippen LogP contribution >= 0.6 is 11.6 Å². The molecule has 0 aliphatic rings. The number of para-hydroxylation sites is 1. The van der Waals surface area contributed by atoms with Crippen molar-refractivity contribution in [1.82, 2.24) is 19.6 Å². The minimum absolute atomic E-state index is 0.312. The van der Waals surface area contributed by atoms with Crippen LogP contribution in [0.5, 0.6) is 0 Å². The minimum atomic E-state index is -0.312. The zero-order valence-corrected chi connectivity index (χ0v) is 13.2. The standard InChI is InChI=1S/C17H12ClN5O/c18-12-3-1-2-4-14(12)21-17(24)15-10-23-9-11(5-6-16(23)20-15)13-7-8-19-22-13/h1-10H,(H,19,22)(H,21,24). The molecule has 0 bridgehead atoms. The molecule has 3 aromatic heterocycles. The summed E-state index contributed by atoms with van der Waals surface area (Å²) in [6.45, 7) is 0. The number of anilines is 1. The maximum absolute atomic E-state index is 12.4. The van der Waals surface area contributed by atoms with Gasteiger partial charge in [-0.15, -0.1) is 0 Å². The number of carbonyl (C=O) groups is 1. The quantitative estimate of drug-likeness (QED) is 0.599. The van der Waals surface area contributed by atoms with Gasteiger partial charge < -0.3 is 9.72 Å². The Bertz CT molecular complexity index is 1020. The lowest BCUT2D eigenvalue weighted by Crippen LogP contribution is -2.12. The number of hydrogen-bond donors (Lipinski definition) is 2. The molecule has 7 heteroatoms. The molecule has 118 valence electrons. The van der Waals surface area contributed by atoms with Crippen molar-refractivity contribution >= 4 is 28.8 Å². The summed E-state index contributed by atoms with van der Waals surface area (Å²) < 4.78 is 1.80. The van der Waals surface area contributed by atoms with E-state index in [1.165, 1.54) is 0 Å². The molecule has 4 rings (SSSR count). The Hall–Kier alpha value is -3.12. The van der Waals surface area contributed by atoms with Crippen LogP contribution in [0.2, 0.25) is 5.02 Å². The normalized spacial score (nSPS) is 10.9. The summed E-state index contributed by atoms with van der Waals surface area (Å²) in [6, 6.07) is 12.7. The van der Waals surface area contributed by atoms with Crippen LogP contribution in [0.15, 0.2) is 61.1 Å². The van der Waals surface area contributed by atoms with Crippen molar-refractivity contribution in [2.75, 3.05) is 5.32 Å². The van der Waals surface area contributed by atoms with Crippen LogP contribution in [0.25, 0.3) is 16.9 Å². The minimum Gasteiger partial charge on any atom is -0.319 e. The van der Waals surface area contributed by atoms with E-state index in [2.05, 4.69) is 20.5 Å². The van der Waals surface area contributed by atoms with Crippen LogP contribution in [-0.2, 0) is 0 Å². The average Bonchev–Trinajstić information content (AvgIpc) is 3.25. The Morgan fingerprint density at radius 2 is 2.00 bits per heavy atom. The van der Waals surface area contributed by atoms with E-state index in [9.17, 15) is 4.79 Å². The van der Waals surface area contributed by atoms with Crippen molar-refractivity contribution in [2.45, 2.75) is 0 Å². The molecule has 1 amide bonds. The lowest BCUT2D eigenvalue weighted by Gasteiger charge is -2.04. The Labute approximate surface area is 142 Å². The fourth-order valence-corrected chi connectivity index (χ4v) is 2.61. The molecule has 4 aromatic rings. The number of rotatable bonds is 3. The Morgan fingerprint density at radius 3 is 2.79 bits per heavy atom. The van der Waals surface area contributed by atoms with E-state index in [1.54, 1.807) is 41.1 Å². The summed E-state index contributed by atoms with van der Waals surface area (Å²) in [5.41, 5.74) is 3.30. The van der Waals surface area contributed by atoms with E-state index in [0.29, 0.717) is 22.1 Å². The molecule has 6 nitrogen and oxygen atoms in total. The van der Waals surface area contributed by atoms with Crippen molar-refractivity contribution < 1.29 is 4.79 Å². The first kappa shape index (κ1) is 14.5. The van der Waals surface area contributed by atoms with Crippen LogP contribution in [0.4, 0.5) is 5.69 Å². The van der Waals surface area contributed by atoms with Gasteiger partial charge in [-0.25, -0.2) is 4.98 Å². The molecule has 0 spiro atoms. The maximum Gasteiger partial charge on any atom is 0.275 e. The van der Waals surface area contributed by atoms with Gasteiger partial charge in [0.15, 0.2) is 0 Å². The van der Waals surface area contributed by atoms with Gasteiger partial charge in [-0.1, -0.05) is 23.7 Å². The predicted octanol–water partition coefficient (Wildman–Crippen LogP) is 3.63. The fraction of sp³-hybridized carbons (Fsp3) is 0. The van der Waals surface area contributed by atoms with Gasteiger partial charge in [0.25, 0.3) is 5.91 Å². The lowest BCUT2D eigenvalue weighted by atomic mass is 10.2. The first-order valence-electron chi connectivity index (χ1n) is 7.25. The molecule has 0 unspecified atom stereocenters. The van der Waals surface area contributed by atoms with E-state index in [-0.39, 0.29) is 5.91 Å². The molecule has 24 heavy (non-hydrogen) atoms. The van der Waals surface area contributed by atoms with Crippen LogP contribution in [0, 0.1) is 0 Å². The number of aromatic amines is 1. The van der Waals surface area contributed by atoms with Gasteiger partial charge in [0, 0.05) is 24.2 Å². The van der Waals surface area contributed by atoms with E-state index in [0.717, 1.165) is 11.3 Å². The Kier molecular flexibility index (Phi) is 3.51. The lowest BCUT2D eigenvalue weighted by molar-refractivity contribution is 0.102. The molecule has 0 saturated carbocycles. The molecule has 3 heterocycles. The number of pyridine rings is 1. The highest BCUT2D eigenvalue weighted by molar-refractivity contribution is 6.33. The highest BCUT2D eigenvalue weighted by Crippen LogP contribution is 2.22. The zero-order valence-electron chi connectivity index (χ0n) is 12.4. The zero-order chi connectivity index (χ0) is 16.5. The Morgan fingerprint density at radius 1 is 1.12 bits per heavy atom. The number of H-pyrrole nitrogens is 1. The third-order valence-corrected chi connectivity index (χ3v) is 3.93. The molecular formula is C17H12ClN5O. The highest BCUT2D eigenvalue weighted by atomic mass is 35.5. The van der Waals surface area contributed by atoms with Gasteiger partial charge in [-0.05, 0) is 30.3 Å². The molecule has 0 aliphatic heterocycles. The van der Waals surface area contributed by atoms with Gasteiger partial charge in [-0.2, -0.15) is 5.10 Å². The number of amides is 1. The molecular weight excluding hydrogens is 326 g/mol. The van der Waals surface area contributed by atoms with Crippen LogP contribution in [-0.4, -0.2) is 25.5 Å². The summed E-state index contributed by atoms with van der Waals surface area (Å²) in [5, 5.41) is 10.2. The number of nitrogens with zero attached hydrogens (tertiary/aromatic N) is 3. The van der Waals surface area contributed by atoms with Crippen molar-refractivity contribution in [3.8, 4) is 11.3 Å². The topological polar surface area (TPSA) is 75.1 Å². The largest absolute Gasteiger partial charge is 0.319 e. The average molecular weight is 338 g/mol. The Balaban J connectivity index is 1.65. The van der Waals surface area contributed by atoms with Crippen LogP contribution < -0.4 is 5.32 Å². The molecule has 0 aliphatic carbocycles. The number of nitrogens with one attached hydrogen (secondary N) is 2. The number of fused-ring (bicyclic) bond motifs is 1. The summed E-state index contributed by atoms with van der Waals surface area (Å²) in [5.74, 6) is -0.312. The molecule has 0 radical (unpaired) electrons.